The largest absolute Gasteiger partial charge is 0.375 e. The molecule has 0 aliphatic rings. The standard InChI is InChI=1S/C17H18BrN3O2S/c1-11-8-12(18)6-7-13(11)21-17(23)9-20-14-4-2-3-5-15(14)24-10-16(19)22/h2-8,20H,9-10H2,1H3,(H2,19,22)(H,21,23). The molecule has 0 radical (unpaired) electrons. The second kappa shape index (κ2) is 8.75. The van der Waals surface area contributed by atoms with Crippen LogP contribution in [0.4, 0.5) is 11.4 Å². The minimum Gasteiger partial charge on any atom is -0.375 e. The molecule has 2 amide bonds. The minimum atomic E-state index is -0.377. The van der Waals surface area contributed by atoms with Gasteiger partial charge in [-0.3, -0.25) is 9.59 Å². The Hall–Kier alpha value is -1.99. The first-order chi connectivity index (χ1) is 11.5. The highest BCUT2D eigenvalue weighted by Gasteiger charge is 2.08. The van der Waals surface area contributed by atoms with Gasteiger partial charge in [-0.1, -0.05) is 28.1 Å². The molecule has 5 nitrogen and oxygen atoms in total. The van der Waals surface area contributed by atoms with Gasteiger partial charge >= 0.3 is 0 Å². The van der Waals surface area contributed by atoms with E-state index in [9.17, 15) is 9.59 Å². The van der Waals surface area contributed by atoms with Crippen molar-refractivity contribution in [3.05, 3.63) is 52.5 Å². The number of para-hydroxylation sites is 1. The molecule has 2 aromatic carbocycles. The number of nitrogens with two attached hydrogens (primary N) is 1. The average Bonchev–Trinajstić information content (AvgIpc) is 2.54. The first-order valence-corrected chi connectivity index (χ1v) is 9.03. The number of amides is 2. The summed E-state index contributed by atoms with van der Waals surface area (Å²) in [6.45, 7) is 2.06. The number of halogens is 1. The van der Waals surface area contributed by atoms with E-state index in [2.05, 4.69) is 26.6 Å². The van der Waals surface area contributed by atoms with Crippen LogP contribution in [0, 0.1) is 6.92 Å². The summed E-state index contributed by atoms with van der Waals surface area (Å²) >= 11 is 4.74. The second-order valence-corrected chi connectivity index (χ2v) is 7.04. The minimum absolute atomic E-state index is 0.129. The van der Waals surface area contributed by atoms with Crippen molar-refractivity contribution in [3.8, 4) is 0 Å². The number of rotatable bonds is 7. The summed E-state index contributed by atoms with van der Waals surface area (Å²) < 4.78 is 0.969. The molecule has 0 aromatic heterocycles. The van der Waals surface area contributed by atoms with Crippen molar-refractivity contribution < 1.29 is 9.59 Å². The molecule has 0 atom stereocenters. The highest BCUT2D eigenvalue weighted by atomic mass is 79.9. The predicted molar refractivity (Wildman–Crippen MR) is 102 cm³/mol. The van der Waals surface area contributed by atoms with Crippen LogP contribution in [-0.4, -0.2) is 24.1 Å². The first kappa shape index (κ1) is 18.4. The molecule has 0 unspecified atom stereocenters. The molecule has 126 valence electrons. The summed E-state index contributed by atoms with van der Waals surface area (Å²) in [6, 6.07) is 13.2. The fraction of sp³-hybridized carbons (Fsp3) is 0.176. The molecule has 0 fully saturated rings. The third-order valence-electron chi connectivity index (χ3n) is 3.16. The zero-order valence-electron chi connectivity index (χ0n) is 13.1. The Morgan fingerprint density at radius 3 is 2.62 bits per heavy atom. The van der Waals surface area contributed by atoms with E-state index in [1.807, 2.05) is 49.4 Å². The molecule has 7 heteroatoms. The summed E-state index contributed by atoms with van der Waals surface area (Å²) in [7, 11) is 0. The average molecular weight is 408 g/mol. The Labute approximate surface area is 153 Å². The molecule has 2 aromatic rings. The van der Waals surface area contributed by atoms with E-state index < -0.39 is 0 Å². The van der Waals surface area contributed by atoms with Gasteiger partial charge in [-0.05, 0) is 42.8 Å². The molecule has 0 spiro atoms. The molecule has 0 bridgehead atoms. The SMILES string of the molecule is Cc1cc(Br)ccc1NC(=O)CNc1ccccc1SCC(N)=O. The smallest absolute Gasteiger partial charge is 0.243 e. The van der Waals surface area contributed by atoms with E-state index in [1.54, 1.807) is 0 Å². The Balaban J connectivity index is 1.95. The molecule has 24 heavy (non-hydrogen) atoms. The molecule has 0 aliphatic heterocycles. The summed E-state index contributed by atoms with van der Waals surface area (Å²) in [6.07, 6.45) is 0. The van der Waals surface area contributed by atoms with Crippen molar-refractivity contribution in [1.29, 1.82) is 0 Å². The van der Waals surface area contributed by atoms with Gasteiger partial charge < -0.3 is 16.4 Å². The van der Waals surface area contributed by atoms with Gasteiger partial charge in [0.05, 0.1) is 12.3 Å². The van der Waals surface area contributed by atoms with Crippen molar-refractivity contribution in [1.82, 2.24) is 0 Å². The monoisotopic (exact) mass is 407 g/mol. The molecule has 2 rings (SSSR count). The van der Waals surface area contributed by atoms with Crippen LogP contribution in [0.3, 0.4) is 0 Å². The number of hydrogen-bond donors (Lipinski definition) is 3. The zero-order valence-corrected chi connectivity index (χ0v) is 15.5. The predicted octanol–water partition coefficient (Wildman–Crippen LogP) is 3.39. The maximum absolute atomic E-state index is 12.1. The number of hydrogen-bond acceptors (Lipinski definition) is 4. The van der Waals surface area contributed by atoms with Crippen LogP contribution < -0.4 is 16.4 Å². The van der Waals surface area contributed by atoms with Gasteiger partial charge in [0.25, 0.3) is 0 Å². The third kappa shape index (κ3) is 5.58. The molecule has 0 saturated carbocycles. The van der Waals surface area contributed by atoms with Crippen LogP contribution in [0.15, 0.2) is 51.8 Å². The van der Waals surface area contributed by atoms with Gasteiger partial charge in [0, 0.05) is 20.7 Å². The van der Waals surface area contributed by atoms with Gasteiger partial charge in [0.1, 0.15) is 0 Å². The van der Waals surface area contributed by atoms with Crippen molar-refractivity contribution in [2.75, 3.05) is 22.9 Å². The van der Waals surface area contributed by atoms with Gasteiger partial charge in [-0.25, -0.2) is 0 Å². The van der Waals surface area contributed by atoms with E-state index >= 15 is 0 Å². The van der Waals surface area contributed by atoms with Crippen molar-refractivity contribution in [3.63, 3.8) is 0 Å². The number of benzene rings is 2. The third-order valence-corrected chi connectivity index (χ3v) is 4.75. The Bertz CT molecular complexity index is 752. The first-order valence-electron chi connectivity index (χ1n) is 7.25. The van der Waals surface area contributed by atoms with Crippen LogP contribution in [-0.2, 0) is 9.59 Å². The number of carbonyl (C=O) groups is 2. The molecular formula is C17H18BrN3O2S. The Morgan fingerprint density at radius 1 is 1.17 bits per heavy atom. The van der Waals surface area contributed by atoms with Crippen LogP contribution >= 0.6 is 27.7 Å². The normalized spacial score (nSPS) is 10.2. The van der Waals surface area contributed by atoms with E-state index in [0.29, 0.717) is 0 Å². The molecule has 4 N–H and O–H groups in total. The quantitative estimate of drug-likeness (QED) is 0.614. The fourth-order valence-electron chi connectivity index (χ4n) is 2.02. The van der Waals surface area contributed by atoms with Crippen molar-refractivity contribution >= 4 is 50.9 Å². The van der Waals surface area contributed by atoms with Gasteiger partial charge in [-0.15, -0.1) is 11.8 Å². The molecule has 0 saturated heterocycles. The van der Waals surface area contributed by atoms with E-state index in [0.717, 1.165) is 26.3 Å². The van der Waals surface area contributed by atoms with Crippen LogP contribution in [0.5, 0.6) is 0 Å². The molecule has 0 heterocycles. The van der Waals surface area contributed by atoms with E-state index in [-0.39, 0.29) is 24.1 Å². The van der Waals surface area contributed by atoms with Crippen molar-refractivity contribution in [2.24, 2.45) is 5.73 Å². The van der Waals surface area contributed by atoms with E-state index in [4.69, 9.17) is 5.73 Å². The van der Waals surface area contributed by atoms with Crippen molar-refractivity contribution in [2.45, 2.75) is 11.8 Å². The summed E-state index contributed by atoms with van der Waals surface area (Å²) in [5, 5.41) is 5.97. The van der Waals surface area contributed by atoms with Gasteiger partial charge in [-0.2, -0.15) is 0 Å². The summed E-state index contributed by atoms with van der Waals surface area (Å²) in [4.78, 5) is 23.9. The number of carbonyl (C=O) groups excluding carboxylic acids is 2. The van der Waals surface area contributed by atoms with Gasteiger partial charge in [0.15, 0.2) is 0 Å². The maximum atomic E-state index is 12.1. The molecule has 0 aliphatic carbocycles. The van der Waals surface area contributed by atoms with Crippen LogP contribution in [0.25, 0.3) is 0 Å². The highest BCUT2D eigenvalue weighted by molar-refractivity contribution is 9.10. The lowest BCUT2D eigenvalue weighted by atomic mass is 10.2. The number of thioether (sulfide) groups is 1. The zero-order chi connectivity index (χ0) is 17.5. The Kier molecular flexibility index (Phi) is 6.69. The number of aryl methyl sites for hydroxylation is 1. The van der Waals surface area contributed by atoms with Crippen LogP contribution in [0.1, 0.15) is 5.56 Å². The van der Waals surface area contributed by atoms with E-state index in [1.165, 1.54) is 11.8 Å². The maximum Gasteiger partial charge on any atom is 0.243 e. The summed E-state index contributed by atoms with van der Waals surface area (Å²) in [5.74, 6) is -0.323. The fourth-order valence-corrected chi connectivity index (χ4v) is 3.27. The topological polar surface area (TPSA) is 84.2 Å². The lowest BCUT2D eigenvalue weighted by molar-refractivity contribution is -0.116. The number of primary amides is 1. The lowest BCUT2D eigenvalue weighted by Gasteiger charge is -2.12. The lowest BCUT2D eigenvalue weighted by Crippen LogP contribution is -2.22. The second-order valence-electron chi connectivity index (χ2n) is 5.11. The highest BCUT2D eigenvalue weighted by Crippen LogP contribution is 2.26. The summed E-state index contributed by atoms with van der Waals surface area (Å²) in [5.41, 5.74) is 7.73. The molecular weight excluding hydrogens is 390 g/mol. The Morgan fingerprint density at radius 2 is 1.92 bits per heavy atom. The number of nitrogens with one attached hydrogen (secondary N) is 2. The number of anilines is 2. The van der Waals surface area contributed by atoms with Gasteiger partial charge in [0.2, 0.25) is 11.8 Å². The van der Waals surface area contributed by atoms with Crippen LogP contribution in [0.2, 0.25) is 0 Å².